The Kier molecular flexibility index (Phi) is 6.15. The van der Waals surface area contributed by atoms with Crippen LogP contribution in [0.25, 0.3) is 6.08 Å². The highest BCUT2D eigenvalue weighted by atomic mass is 35.5. The molecule has 28 heavy (non-hydrogen) atoms. The molecule has 1 aromatic rings. The smallest absolute Gasteiger partial charge is 0.262 e. The second-order valence-electron chi connectivity index (χ2n) is 7.80. The molecule has 0 aromatic carbocycles. The van der Waals surface area contributed by atoms with Crippen molar-refractivity contribution in [3.8, 4) is 6.07 Å². The van der Waals surface area contributed by atoms with Crippen LogP contribution in [0.4, 0.5) is 0 Å². The number of nitrogens with zero attached hydrogens (tertiary/aromatic N) is 3. The van der Waals surface area contributed by atoms with E-state index < -0.39 is 15.7 Å². The molecule has 1 saturated carbocycles. The fourth-order valence-corrected chi connectivity index (χ4v) is 6.04. The van der Waals surface area contributed by atoms with Crippen LogP contribution >= 0.6 is 11.6 Å². The molecule has 152 valence electrons. The highest BCUT2D eigenvalue weighted by molar-refractivity contribution is 7.91. The Morgan fingerprint density at radius 1 is 1.36 bits per heavy atom. The van der Waals surface area contributed by atoms with Gasteiger partial charge in [0.15, 0.2) is 9.84 Å². The van der Waals surface area contributed by atoms with E-state index in [9.17, 15) is 18.5 Å². The Hall–Kier alpha value is -1.85. The highest BCUT2D eigenvalue weighted by Crippen LogP contribution is 2.31. The van der Waals surface area contributed by atoms with E-state index >= 15 is 0 Å². The van der Waals surface area contributed by atoms with E-state index in [0.717, 1.165) is 19.3 Å². The summed E-state index contributed by atoms with van der Waals surface area (Å²) >= 11 is 6.44. The first-order chi connectivity index (χ1) is 13.2. The fourth-order valence-electron chi connectivity index (χ4n) is 3.98. The summed E-state index contributed by atoms with van der Waals surface area (Å²) in [6.45, 7) is 3.84. The zero-order valence-corrected chi connectivity index (χ0v) is 17.7. The van der Waals surface area contributed by atoms with E-state index in [1.54, 1.807) is 6.92 Å². The first kappa shape index (κ1) is 20.9. The number of halogens is 1. The SMILES string of the molecule is Cc1nn([C@H]2CCS(=O)(=O)C2)c(Cl)c1/C=C(\C#N)C(=O)N[C@@H]1CCCC[C@@H]1C. The summed E-state index contributed by atoms with van der Waals surface area (Å²) in [5.74, 6) is 0.0917. The van der Waals surface area contributed by atoms with Gasteiger partial charge in [0.2, 0.25) is 0 Å². The van der Waals surface area contributed by atoms with Gasteiger partial charge in [-0.15, -0.1) is 0 Å². The van der Waals surface area contributed by atoms with Crippen molar-refractivity contribution in [3.05, 3.63) is 22.0 Å². The molecule has 2 aliphatic rings. The van der Waals surface area contributed by atoms with Gasteiger partial charge in [-0.2, -0.15) is 10.4 Å². The molecule has 7 nitrogen and oxygen atoms in total. The summed E-state index contributed by atoms with van der Waals surface area (Å²) in [5, 5.41) is 17.1. The number of carbonyl (C=O) groups excluding carboxylic acids is 1. The van der Waals surface area contributed by atoms with E-state index in [-0.39, 0.29) is 34.3 Å². The molecule has 3 atom stereocenters. The van der Waals surface area contributed by atoms with Gasteiger partial charge in [-0.25, -0.2) is 13.1 Å². The average Bonchev–Trinajstić information content (AvgIpc) is 3.14. The van der Waals surface area contributed by atoms with E-state index in [0.29, 0.717) is 23.6 Å². The van der Waals surface area contributed by atoms with Gasteiger partial charge in [0, 0.05) is 11.6 Å². The Bertz CT molecular complexity index is 945. The molecule has 1 saturated heterocycles. The van der Waals surface area contributed by atoms with Crippen molar-refractivity contribution in [1.82, 2.24) is 15.1 Å². The van der Waals surface area contributed by atoms with Gasteiger partial charge in [-0.3, -0.25) is 4.79 Å². The highest BCUT2D eigenvalue weighted by Gasteiger charge is 2.32. The van der Waals surface area contributed by atoms with Gasteiger partial charge in [0.1, 0.15) is 16.8 Å². The summed E-state index contributed by atoms with van der Waals surface area (Å²) in [6.07, 6.45) is 6.13. The zero-order valence-electron chi connectivity index (χ0n) is 16.1. The molecule has 3 rings (SSSR count). The lowest BCUT2D eigenvalue weighted by atomic mass is 9.86. The van der Waals surface area contributed by atoms with Crippen molar-refractivity contribution in [2.45, 2.75) is 58.0 Å². The summed E-state index contributed by atoms with van der Waals surface area (Å²) in [6, 6.07) is 1.71. The molecular formula is C19H25ClN4O3S. The summed E-state index contributed by atoms with van der Waals surface area (Å²) < 4.78 is 25.0. The maximum absolute atomic E-state index is 12.6. The lowest BCUT2D eigenvalue weighted by molar-refractivity contribution is -0.118. The Labute approximate surface area is 170 Å². The molecule has 2 heterocycles. The lowest BCUT2D eigenvalue weighted by Gasteiger charge is -2.29. The third-order valence-corrected chi connectivity index (χ3v) is 7.83. The number of hydrogen-bond acceptors (Lipinski definition) is 5. The number of hydrogen-bond donors (Lipinski definition) is 1. The minimum absolute atomic E-state index is 0.00214. The van der Waals surface area contributed by atoms with Gasteiger partial charge >= 0.3 is 0 Å². The molecule has 9 heteroatoms. The van der Waals surface area contributed by atoms with Crippen LogP contribution in [0, 0.1) is 24.2 Å². The Balaban J connectivity index is 1.82. The van der Waals surface area contributed by atoms with Gasteiger partial charge in [-0.05, 0) is 38.2 Å². The normalized spacial score (nSPS) is 27.4. The number of rotatable bonds is 4. The molecule has 0 radical (unpaired) electrons. The topological polar surface area (TPSA) is 105 Å². The van der Waals surface area contributed by atoms with E-state index in [1.165, 1.54) is 17.2 Å². The third-order valence-electron chi connectivity index (χ3n) is 5.71. The zero-order chi connectivity index (χ0) is 20.5. The van der Waals surface area contributed by atoms with Crippen molar-refractivity contribution < 1.29 is 13.2 Å². The van der Waals surface area contributed by atoms with Crippen LogP contribution in [0.1, 0.15) is 56.3 Å². The first-order valence-corrected chi connectivity index (χ1v) is 11.8. The van der Waals surface area contributed by atoms with Crippen LogP contribution in [0.5, 0.6) is 0 Å². The number of aromatic nitrogens is 2. The van der Waals surface area contributed by atoms with Gasteiger partial charge < -0.3 is 5.32 Å². The number of nitrogens with one attached hydrogen (secondary N) is 1. The number of sulfone groups is 1. The maximum Gasteiger partial charge on any atom is 0.262 e. The molecule has 1 aromatic heterocycles. The quantitative estimate of drug-likeness (QED) is 0.591. The molecule has 1 amide bonds. The van der Waals surface area contributed by atoms with Gasteiger partial charge in [0.25, 0.3) is 5.91 Å². The van der Waals surface area contributed by atoms with Crippen molar-refractivity contribution in [3.63, 3.8) is 0 Å². The monoisotopic (exact) mass is 424 g/mol. The number of amides is 1. The molecule has 0 unspecified atom stereocenters. The van der Waals surface area contributed by atoms with Crippen LogP contribution < -0.4 is 5.32 Å². The largest absolute Gasteiger partial charge is 0.348 e. The van der Waals surface area contributed by atoms with Crippen LogP contribution in [-0.4, -0.2) is 41.7 Å². The van der Waals surface area contributed by atoms with E-state index in [2.05, 4.69) is 17.3 Å². The number of aryl methyl sites for hydroxylation is 1. The maximum atomic E-state index is 12.6. The fraction of sp³-hybridized carbons (Fsp3) is 0.632. The summed E-state index contributed by atoms with van der Waals surface area (Å²) in [7, 11) is -3.08. The summed E-state index contributed by atoms with van der Waals surface area (Å²) in [4.78, 5) is 12.6. The molecule has 1 aliphatic carbocycles. The van der Waals surface area contributed by atoms with Crippen LogP contribution in [0.2, 0.25) is 5.15 Å². The minimum Gasteiger partial charge on any atom is -0.348 e. The molecule has 0 spiro atoms. The molecule has 0 bridgehead atoms. The first-order valence-electron chi connectivity index (χ1n) is 9.59. The third kappa shape index (κ3) is 4.41. The van der Waals surface area contributed by atoms with E-state index in [1.807, 2.05) is 6.07 Å². The standard InChI is InChI=1S/C19H25ClN4O3S/c1-12-5-3-4-6-17(12)22-19(25)14(10-21)9-16-13(2)23-24(18(16)20)15-7-8-28(26,27)11-15/h9,12,15,17H,3-8,11H2,1-2H3,(H,22,25)/b14-9+/t12-,15-,17+/m0/s1. The second kappa shape index (κ2) is 8.26. The molecule has 2 fully saturated rings. The average molecular weight is 425 g/mol. The Morgan fingerprint density at radius 3 is 2.68 bits per heavy atom. The summed E-state index contributed by atoms with van der Waals surface area (Å²) in [5.41, 5.74) is 1.01. The van der Waals surface area contributed by atoms with Crippen molar-refractivity contribution in [1.29, 1.82) is 5.26 Å². The molecular weight excluding hydrogens is 400 g/mol. The van der Waals surface area contributed by atoms with Crippen LogP contribution in [0.3, 0.4) is 0 Å². The van der Waals surface area contributed by atoms with Crippen molar-refractivity contribution in [2.75, 3.05) is 11.5 Å². The van der Waals surface area contributed by atoms with Crippen molar-refractivity contribution >= 4 is 33.4 Å². The molecule has 1 N–H and O–H groups in total. The second-order valence-corrected chi connectivity index (χ2v) is 10.4. The predicted molar refractivity (Wildman–Crippen MR) is 107 cm³/mol. The van der Waals surface area contributed by atoms with Crippen molar-refractivity contribution in [2.24, 2.45) is 5.92 Å². The number of nitriles is 1. The molecule has 1 aliphatic heterocycles. The predicted octanol–water partition coefficient (Wildman–Crippen LogP) is 2.81. The van der Waals surface area contributed by atoms with Crippen LogP contribution in [-0.2, 0) is 14.6 Å². The van der Waals surface area contributed by atoms with E-state index in [4.69, 9.17) is 11.6 Å². The van der Waals surface area contributed by atoms with Gasteiger partial charge in [-0.1, -0.05) is 31.4 Å². The lowest BCUT2D eigenvalue weighted by Crippen LogP contribution is -2.41. The van der Waals surface area contributed by atoms with Gasteiger partial charge in [0.05, 0.1) is 23.2 Å². The minimum atomic E-state index is -3.08. The van der Waals surface area contributed by atoms with Crippen LogP contribution in [0.15, 0.2) is 5.57 Å². The Morgan fingerprint density at radius 2 is 2.07 bits per heavy atom. The number of carbonyl (C=O) groups is 1.